The van der Waals surface area contributed by atoms with E-state index in [2.05, 4.69) is 38.7 Å². The molecule has 0 aliphatic carbocycles. The van der Waals surface area contributed by atoms with Crippen LogP contribution < -0.4 is 4.90 Å². The van der Waals surface area contributed by atoms with Crippen LogP contribution in [0.5, 0.6) is 0 Å². The molecule has 6 nitrogen and oxygen atoms in total. The molecular formula is C25H32Cl2N4O2. The maximum absolute atomic E-state index is 11.8. The summed E-state index contributed by atoms with van der Waals surface area (Å²) < 4.78 is 4.77. The Morgan fingerprint density at radius 1 is 1.12 bits per heavy atom. The lowest BCUT2D eigenvalue weighted by molar-refractivity contribution is 0.0598. The Morgan fingerprint density at radius 2 is 1.85 bits per heavy atom. The van der Waals surface area contributed by atoms with Crippen molar-refractivity contribution in [3.05, 3.63) is 57.7 Å². The molecule has 0 saturated carbocycles. The van der Waals surface area contributed by atoms with Crippen molar-refractivity contribution in [2.75, 3.05) is 44.7 Å². The number of benzene rings is 1. The van der Waals surface area contributed by atoms with Gasteiger partial charge in [0.15, 0.2) is 0 Å². The fourth-order valence-corrected chi connectivity index (χ4v) is 5.47. The van der Waals surface area contributed by atoms with Gasteiger partial charge in [0.2, 0.25) is 0 Å². The Hall–Kier alpha value is -1.86. The summed E-state index contributed by atoms with van der Waals surface area (Å²) in [6.45, 7) is 8.25. The number of pyridine rings is 1. The van der Waals surface area contributed by atoms with Crippen LogP contribution >= 0.6 is 23.2 Å². The number of rotatable bonds is 6. The van der Waals surface area contributed by atoms with Gasteiger partial charge < -0.3 is 9.64 Å². The number of aromatic nitrogens is 1. The lowest BCUT2D eigenvalue weighted by Crippen LogP contribution is -2.58. The number of nitrogens with zero attached hydrogens (tertiary/aromatic N) is 4. The Labute approximate surface area is 206 Å². The highest BCUT2D eigenvalue weighted by molar-refractivity contribution is 6.33. The standard InChI is InChI=1S/C25H32Cl2N4O2/c1-3-21-17-30(24-23(27)14-19(15-28-24)25(32)33-2)12-13-31(21)22-8-10-29(11-9-22)16-18-4-6-20(26)7-5-18/h4-7,14-15,21-22H,3,8-13,16-17H2,1-2H3/t21-/m0/s1. The number of piperazine rings is 1. The van der Waals surface area contributed by atoms with Crippen LogP contribution in [0.1, 0.15) is 42.1 Å². The van der Waals surface area contributed by atoms with Crippen LogP contribution in [0.15, 0.2) is 36.5 Å². The lowest BCUT2D eigenvalue weighted by atomic mass is 9.98. The third kappa shape index (κ3) is 5.80. The van der Waals surface area contributed by atoms with Crippen molar-refractivity contribution in [2.45, 2.75) is 44.8 Å². The number of carbonyl (C=O) groups is 1. The minimum Gasteiger partial charge on any atom is -0.465 e. The summed E-state index contributed by atoms with van der Waals surface area (Å²) in [6.07, 6.45) is 5.02. The Balaban J connectivity index is 1.34. The van der Waals surface area contributed by atoms with Gasteiger partial charge in [0.1, 0.15) is 5.82 Å². The van der Waals surface area contributed by atoms with Crippen LogP contribution in [-0.2, 0) is 11.3 Å². The Kier molecular flexibility index (Phi) is 8.12. The largest absolute Gasteiger partial charge is 0.465 e. The summed E-state index contributed by atoms with van der Waals surface area (Å²) in [5.74, 6) is 0.329. The summed E-state index contributed by atoms with van der Waals surface area (Å²) in [5, 5.41) is 1.29. The first-order valence-corrected chi connectivity index (χ1v) is 12.5. The summed E-state index contributed by atoms with van der Waals surface area (Å²) in [7, 11) is 1.36. The van der Waals surface area contributed by atoms with Crippen LogP contribution in [-0.4, -0.2) is 72.7 Å². The number of esters is 1. The van der Waals surface area contributed by atoms with E-state index < -0.39 is 5.97 Å². The topological polar surface area (TPSA) is 48.9 Å². The summed E-state index contributed by atoms with van der Waals surface area (Å²) in [6, 6.07) is 10.9. The molecule has 178 valence electrons. The van der Waals surface area contributed by atoms with E-state index in [4.69, 9.17) is 27.9 Å². The van der Waals surface area contributed by atoms with Crippen molar-refractivity contribution >= 4 is 35.0 Å². The molecular weight excluding hydrogens is 459 g/mol. The van der Waals surface area contributed by atoms with Crippen molar-refractivity contribution in [2.24, 2.45) is 0 Å². The molecule has 0 N–H and O–H groups in total. The first-order valence-electron chi connectivity index (χ1n) is 11.7. The molecule has 2 fully saturated rings. The van der Waals surface area contributed by atoms with E-state index in [0.717, 1.165) is 56.5 Å². The van der Waals surface area contributed by atoms with Gasteiger partial charge in [0.25, 0.3) is 0 Å². The number of anilines is 1. The van der Waals surface area contributed by atoms with Crippen LogP contribution in [0.4, 0.5) is 5.82 Å². The first kappa shape index (κ1) is 24.3. The number of carbonyl (C=O) groups excluding carboxylic acids is 1. The third-order valence-electron chi connectivity index (χ3n) is 6.89. The van der Waals surface area contributed by atoms with E-state index in [-0.39, 0.29) is 0 Å². The molecule has 0 spiro atoms. The number of methoxy groups -OCH3 is 1. The molecule has 2 aromatic rings. The number of piperidine rings is 1. The van der Waals surface area contributed by atoms with Crippen LogP contribution in [0.3, 0.4) is 0 Å². The van der Waals surface area contributed by atoms with Crippen molar-refractivity contribution in [1.82, 2.24) is 14.8 Å². The predicted octanol–water partition coefficient (Wildman–Crippen LogP) is 4.74. The van der Waals surface area contributed by atoms with Crippen molar-refractivity contribution in [3.8, 4) is 0 Å². The minimum atomic E-state index is -0.422. The number of hydrogen-bond donors (Lipinski definition) is 0. The fraction of sp³-hybridized carbons (Fsp3) is 0.520. The second-order valence-corrected chi connectivity index (χ2v) is 9.74. The molecule has 2 saturated heterocycles. The highest BCUT2D eigenvalue weighted by atomic mass is 35.5. The van der Waals surface area contributed by atoms with Crippen molar-refractivity contribution in [3.63, 3.8) is 0 Å². The number of hydrogen-bond acceptors (Lipinski definition) is 6. The fourth-order valence-electron chi connectivity index (χ4n) is 5.06. The van der Waals surface area contributed by atoms with Gasteiger partial charge in [-0.25, -0.2) is 9.78 Å². The SMILES string of the molecule is CC[C@H]1CN(c2ncc(C(=O)OC)cc2Cl)CCN1C1CCN(Cc2ccc(Cl)cc2)CC1. The van der Waals surface area contributed by atoms with Gasteiger partial charge in [0, 0.05) is 49.5 Å². The molecule has 2 aliphatic rings. The average molecular weight is 491 g/mol. The zero-order valence-corrected chi connectivity index (χ0v) is 20.9. The molecule has 0 bridgehead atoms. The zero-order chi connectivity index (χ0) is 23.4. The van der Waals surface area contributed by atoms with Gasteiger partial charge in [-0.1, -0.05) is 42.3 Å². The molecule has 1 aromatic heterocycles. The summed E-state index contributed by atoms with van der Waals surface area (Å²) >= 11 is 12.5. The molecule has 4 rings (SSSR count). The molecule has 1 aromatic carbocycles. The normalized spacial score (nSPS) is 20.7. The van der Waals surface area contributed by atoms with Gasteiger partial charge in [0.05, 0.1) is 17.7 Å². The second-order valence-electron chi connectivity index (χ2n) is 8.90. The van der Waals surface area contributed by atoms with Crippen LogP contribution in [0.25, 0.3) is 0 Å². The zero-order valence-electron chi connectivity index (χ0n) is 19.3. The maximum atomic E-state index is 11.8. The Morgan fingerprint density at radius 3 is 2.48 bits per heavy atom. The number of likely N-dealkylation sites (tertiary alicyclic amines) is 1. The van der Waals surface area contributed by atoms with Crippen LogP contribution in [0, 0.1) is 0 Å². The molecule has 0 unspecified atom stereocenters. The number of halogens is 2. The lowest BCUT2D eigenvalue weighted by Gasteiger charge is -2.47. The third-order valence-corrected chi connectivity index (χ3v) is 7.42. The van der Waals surface area contributed by atoms with Gasteiger partial charge >= 0.3 is 5.97 Å². The molecule has 0 amide bonds. The minimum absolute atomic E-state index is 0.377. The second kappa shape index (κ2) is 11.0. The first-order chi connectivity index (χ1) is 16.0. The van der Waals surface area contributed by atoms with E-state index in [1.807, 2.05) is 12.1 Å². The van der Waals surface area contributed by atoms with Gasteiger partial charge in [-0.3, -0.25) is 9.80 Å². The van der Waals surface area contributed by atoms with Crippen LogP contribution in [0.2, 0.25) is 10.0 Å². The van der Waals surface area contributed by atoms with E-state index in [0.29, 0.717) is 22.7 Å². The highest BCUT2D eigenvalue weighted by Gasteiger charge is 2.34. The van der Waals surface area contributed by atoms with E-state index in [1.54, 1.807) is 12.3 Å². The highest BCUT2D eigenvalue weighted by Crippen LogP contribution is 2.30. The maximum Gasteiger partial charge on any atom is 0.339 e. The molecule has 0 radical (unpaired) electrons. The predicted molar refractivity (Wildman–Crippen MR) is 133 cm³/mol. The van der Waals surface area contributed by atoms with Crippen molar-refractivity contribution in [1.29, 1.82) is 0 Å². The molecule has 8 heteroatoms. The summed E-state index contributed by atoms with van der Waals surface area (Å²) in [5.41, 5.74) is 1.70. The van der Waals surface area contributed by atoms with Gasteiger partial charge in [-0.15, -0.1) is 0 Å². The average Bonchev–Trinajstić information content (AvgIpc) is 2.85. The number of ether oxygens (including phenoxy) is 1. The molecule has 33 heavy (non-hydrogen) atoms. The van der Waals surface area contributed by atoms with Gasteiger partial charge in [-0.2, -0.15) is 0 Å². The quantitative estimate of drug-likeness (QED) is 0.545. The van der Waals surface area contributed by atoms with Gasteiger partial charge in [-0.05, 0) is 56.1 Å². The monoisotopic (exact) mass is 490 g/mol. The molecule has 1 atom stereocenters. The van der Waals surface area contributed by atoms with E-state index in [9.17, 15) is 4.79 Å². The smallest absolute Gasteiger partial charge is 0.339 e. The van der Waals surface area contributed by atoms with E-state index in [1.165, 1.54) is 25.5 Å². The Bertz CT molecular complexity index is 948. The summed E-state index contributed by atoms with van der Waals surface area (Å²) in [4.78, 5) is 23.8. The molecule has 3 heterocycles. The van der Waals surface area contributed by atoms with E-state index >= 15 is 0 Å². The molecule has 2 aliphatic heterocycles. The van der Waals surface area contributed by atoms with Crippen molar-refractivity contribution < 1.29 is 9.53 Å².